The first-order valence-corrected chi connectivity index (χ1v) is 8.40. The lowest BCUT2D eigenvalue weighted by Crippen LogP contribution is -2.06. The molecule has 0 radical (unpaired) electrons. The molecule has 4 aromatic carbocycles. The molecule has 27 heavy (non-hydrogen) atoms. The van der Waals surface area contributed by atoms with E-state index in [0.29, 0.717) is 5.75 Å². The lowest BCUT2D eigenvalue weighted by atomic mass is 9.94. The second-order valence-corrected chi connectivity index (χ2v) is 6.17. The van der Waals surface area contributed by atoms with Crippen molar-refractivity contribution in [2.45, 2.75) is 0 Å². The Balaban J connectivity index is 0.00000180. The Bertz CT molecular complexity index is 1240. The van der Waals surface area contributed by atoms with Crippen LogP contribution in [-0.2, 0) is 0 Å². The second kappa shape index (κ2) is 6.78. The molecule has 0 aliphatic rings. The highest BCUT2D eigenvalue weighted by Gasteiger charge is 2.13. The van der Waals surface area contributed by atoms with Crippen LogP contribution in [0.3, 0.4) is 0 Å². The first-order valence-electron chi connectivity index (χ1n) is 8.40. The minimum Gasteiger partial charge on any atom is -0.457 e. The summed E-state index contributed by atoms with van der Waals surface area (Å²) in [4.78, 5) is 12.2. The van der Waals surface area contributed by atoms with Gasteiger partial charge in [0.15, 0.2) is 0 Å². The van der Waals surface area contributed by atoms with E-state index in [-0.39, 0.29) is 18.2 Å². The van der Waals surface area contributed by atoms with Crippen LogP contribution in [0.5, 0.6) is 5.75 Å². The lowest BCUT2D eigenvalue weighted by Gasteiger charge is -2.11. The average Bonchev–Trinajstić information content (AvgIpc) is 3.23. The predicted octanol–water partition coefficient (Wildman–Crippen LogP) is 6.38. The quantitative estimate of drug-likeness (QED) is 0.204. The molecule has 0 atom stereocenters. The molecule has 0 aliphatic heterocycles. The minimum absolute atomic E-state index is 0. The van der Waals surface area contributed by atoms with Crippen LogP contribution in [0.25, 0.3) is 32.3 Å². The molecule has 0 aliphatic carbocycles. The summed E-state index contributed by atoms with van der Waals surface area (Å²) in [6, 6.07) is 25.7. The number of carbonyl (C=O) groups excluding carboxylic acids is 1. The van der Waals surface area contributed by atoms with Crippen molar-refractivity contribution in [1.82, 2.24) is 0 Å². The third kappa shape index (κ3) is 2.82. The molecule has 1 aromatic heterocycles. The highest BCUT2D eigenvalue weighted by Crippen LogP contribution is 2.36. The number of rotatable bonds is 2. The molecule has 0 saturated heterocycles. The molecule has 5 rings (SSSR count). The highest BCUT2D eigenvalue weighted by molar-refractivity contribution is 6.25. The van der Waals surface area contributed by atoms with E-state index >= 15 is 0 Å². The normalized spacial score (nSPS) is 10.8. The Hall–Kier alpha value is -3.30. The molecule has 1 heterocycles. The van der Waals surface area contributed by atoms with Gasteiger partial charge >= 0.3 is 5.97 Å². The van der Waals surface area contributed by atoms with Gasteiger partial charge in [0, 0.05) is 0 Å². The predicted molar refractivity (Wildman–Crippen MR) is 110 cm³/mol. The van der Waals surface area contributed by atoms with Gasteiger partial charge in [0.05, 0.1) is 6.26 Å². The van der Waals surface area contributed by atoms with Crippen LogP contribution in [0, 0.1) is 0 Å². The van der Waals surface area contributed by atoms with E-state index in [0.717, 1.165) is 16.2 Å². The summed E-state index contributed by atoms with van der Waals surface area (Å²) in [6.45, 7) is 0. The summed E-state index contributed by atoms with van der Waals surface area (Å²) in [5, 5.41) is 6.92. The van der Waals surface area contributed by atoms with E-state index in [4.69, 9.17) is 9.15 Å². The van der Waals surface area contributed by atoms with Crippen LogP contribution in [0.4, 0.5) is 0 Å². The summed E-state index contributed by atoms with van der Waals surface area (Å²) >= 11 is 0. The molecule has 4 heteroatoms. The van der Waals surface area contributed by atoms with Crippen molar-refractivity contribution >= 4 is 50.7 Å². The van der Waals surface area contributed by atoms with E-state index in [1.54, 1.807) is 12.1 Å². The van der Waals surface area contributed by atoms with E-state index in [1.165, 1.54) is 22.4 Å². The molecule has 0 amide bonds. The Labute approximate surface area is 161 Å². The highest BCUT2D eigenvalue weighted by atomic mass is 35.5. The van der Waals surface area contributed by atoms with E-state index in [1.807, 2.05) is 36.4 Å². The summed E-state index contributed by atoms with van der Waals surface area (Å²) in [5.41, 5.74) is 0. The Morgan fingerprint density at radius 1 is 0.667 bits per heavy atom. The zero-order chi connectivity index (χ0) is 17.5. The summed E-state index contributed by atoms with van der Waals surface area (Å²) in [5.74, 6) is 0.187. The first-order chi connectivity index (χ1) is 12.8. The van der Waals surface area contributed by atoms with Crippen molar-refractivity contribution in [1.29, 1.82) is 0 Å². The molecule has 0 N–H and O–H groups in total. The molecule has 0 bridgehead atoms. The van der Waals surface area contributed by atoms with Gasteiger partial charge in [0.25, 0.3) is 0 Å². The van der Waals surface area contributed by atoms with Gasteiger partial charge in [-0.1, -0.05) is 54.6 Å². The van der Waals surface area contributed by atoms with Gasteiger partial charge in [0.2, 0.25) is 5.76 Å². The molecule has 0 fully saturated rings. The van der Waals surface area contributed by atoms with Gasteiger partial charge in [-0.25, -0.2) is 4.79 Å². The van der Waals surface area contributed by atoms with Gasteiger partial charge < -0.3 is 9.15 Å². The molecular weight excluding hydrogens is 360 g/mol. The first kappa shape index (κ1) is 17.1. The van der Waals surface area contributed by atoms with Crippen molar-refractivity contribution in [3.8, 4) is 5.75 Å². The molecule has 0 spiro atoms. The molecule has 0 saturated carbocycles. The number of ether oxygens (including phenoxy) is 1. The van der Waals surface area contributed by atoms with Gasteiger partial charge in [-0.3, -0.25) is 0 Å². The fraction of sp³-hybridized carbons (Fsp3) is 0. The summed E-state index contributed by atoms with van der Waals surface area (Å²) in [7, 11) is 0. The monoisotopic (exact) mass is 374 g/mol. The van der Waals surface area contributed by atoms with E-state index in [2.05, 4.69) is 30.3 Å². The van der Waals surface area contributed by atoms with Crippen molar-refractivity contribution in [3.05, 3.63) is 90.9 Å². The smallest absolute Gasteiger partial charge is 0.379 e. The third-order valence-corrected chi connectivity index (χ3v) is 4.65. The van der Waals surface area contributed by atoms with Crippen LogP contribution in [-0.4, -0.2) is 5.97 Å². The number of esters is 1. The Kier molecular flexibility index (Phi) is 4.30. The fourth-order valence-electron chi connectivity index (χ4n) is 3.50. The minimum atomic E-state index is -0.501. The van der Waals surface area contributed by atoms with Gasteiger partial charge in [-0.05, 0) is 56.6 Å². The Morgan fingerprint density at radius 2 is 1.22 bits per heavy atom. The van der Waals surface area contributed by atoms with E-state index in [9.17, 15) is 4.79 Å². The molecule has 5 aromatic rings. The number of hydrogen-bond donors (Lipinski definition) is 0. The van der Waals surface area contributed by atoms with Crippen LogP contribution in [0.15, 0.2) is 89.5 Å². The molecular formula is C23H15ClO3. The maximum atomic E-state index is 12.2. The molecule has 132 valence electrons. The number of benzene rings is 4. The Morgan fingerprint density at radius 3 is 1.78 bits per heavy atom. The number of fused-ring (bicyclic) bond motifs is 6. The number of carbonyl (C=O) groups is 1. The van der Waals surface area contributed by atoms with Gasteiger partial charge in [-0.2, -0.15) is 0 Å². The summed E-state index contributed by atoms with van der Waals surface area (Å²) < 4.78 is 10.6. The average molecular weight is 375 g/mol. The van der Waals surface area contributed by atoms with Gasteiger partial charge in [-0.15, -0.1) is 12.4 Å². The van der Waals surface area contributed by atoms with Crippen LogP contribution in [0.2, 0.25) is 0 Å². The maximum Gasteiger partial charge on any atom is 0.379 e. The topological polar surface area (TPSA) is 39.4 Å². The standard InChI is InChI=1S/C23H14O3.ClH/c24-23(22-10-5-13-25-22)26-15-11-12-20-18-8-2-1-6-16(18)17-7-3-4-9-19(17)21(20)14-15;/h1-14H;1H. The number of hydrogen-bond acceptors (Lipinski definition) is 3. The summed E-state index contributed by atoms with van der Waals surface area (Å²) in [6.07, 6.45) is 1.45. The van der Waals surface area contributed by atoms with Crippen LogP contribution in [0.1, 0.15) is 10.6 Å². The van der Waals surface area contributed by atoms with Gasteiger partial charge in [0.1, 0.15) is 5.75 Å². The third-order valence-electron chi connectivity index (χ3n) is 4.65. The van der Waals surface area contributed by atoms with Crippen molar-refractivity contribution in [2.75, 3.05) is 0 Å². The second-order valence-electron chi connectivity index (χ2n) is 6.17. The van der Waals surface area contributed by atoms with Crippen molar-refractivity contribution < 1.29 is 13.9 Å². The molecule has 0 unspecified atom stereocenters. The number of halogens is 1. The van der Waals surface area contributed by atoms with Crippen molar-refractivity contribution in [3.63, 3.8) is 0 Å². The maximum absolute atomic E-state index is 12.2. The molecule has 3 nitrogen and oxygen atoms in total. The largest absolute Gasteiger partial charge is 0.457 e. The lowest BCUT2D eigenvalue weighted by molar-refractivity contribution is 0.0701. The zero-order valence-electron chi connectivity index (χ0n) is 14.2. The fourth-order valence-corrected chi connectivity index (χ4v) is 3.50. The van der Waals surface area contributed by atoms with Crippen LogP contribution >= 0.6 is 12.4 Å². The van der Waals surface area contributed by atoms with E-state index < -0.39 is 5.97 Å². The number of furan rings is 1. The van der Waals surface area contributed by atoms with Crippen molar-refractivity contribution in [2.24, 2.45) is 0 Å². The SMILES string of the molecule is Cl.O=C(Oc1ccc2c3ccccc3c3ccccc3c2c1)c1ccco1. The van der Waals surface area contributed by atoms with Crippen LogP contribution < -0.4 is 4.74 Å². The zero-order valence-corrected chi connectivity index (χ0v) is 15.0.